The second kappa shape index (κ2) is 9.20. The SMILES string of the molecule is CCOC(=O)[C@H]1CCCN(C(=O)C[C@H](NC(C)=O)c2ccccc2)C1. The van der Waals surface area contributed by atoms with Crippen molar-refractivity contribution in [1.82, 2.24) is 10.2 Å². The standard InChI is InChI=1S/C19H26N2O4/c1-3-25-19(24)16-10-7-11-21(13-16)18(23)12-17(20-14(2)22)15-8-5-4-6-9-15/h4-6,8-9,16-17H,3,7,10-13H2,1-2H3,(H,20,22)/t16-,17-/m0/s1. The van der Waals surface area contributed by atoms with Crippen molar-refractivity contribution in [2.75, 3.05) is 19.7 Å². The van der Waals surface area contributed by atoms with Crippen LogP contribution in [0.15, 0.2) is 30.3 Å². The maximum atomic E-state index is 12.7. The number of hydrogen-bond acceptors (Lipinski definition) is 4. The monoisotopic (exact) mass is 346 g/mol. The molecule has 6 heteroatoms. The summed E-state index contributed by atoms with van der Waals surface area (Å²) in [5, 5.41) is 2.84. The van der Waals surface area contributed by atoms with E-state index >= 15 is 0 Å². The third-order valence-corrected chi connectivity index (χ3v) is 4.35. The number of likely N-dealkylation sites (tertiary alicyclic amines) is 1. The molecule has 1 saturated heterocycles. The lowest BCUT2D eigenvalue weighted by molar-refractivity contribution is -0.151. The minimum atomic E-state index is -0.367. The molecule has 1 aromatic carbocycles. The van der Waals surface area contributed by atoms with Gasteiger partial charge in [-0.2, -0.15) is 0 Å². The maximum absolute atomic E-state index is 12.7. The number of ether oxygens (including phenoxy) is 1. The molecule has 136 valence electrons. The van der Waals surface area contributed by atoms with E-state index in [1.807, 2.05) is 30.3 Å². The molecule has 1 N–H and O–H groups in total. The Morgan fingerprint density at radius 1 is 1.28 bits per heavy atom. The third kappa shape index (κ3) is 5.59. The molecule has 1 heterocycles. The van der Waals surface area contributed by atoms with Crippen LogP contribution in [0.3, 0.4) is 0 Å². The number of benzene rings is 1. The molecule has 0 unspecified atom stereocenters. The predicted octanol–water partition coefficient (Wildman–Crippen LogP) is 2.06. The normalized spacial score (nSPS) is 18.3. The number of esters is 1. The Kier molecular flexibility index (Phi) is 6.98. The highest BCUT2D eigenvalue weighted by Gasteiger charge is 2.30. The van der Waals surface area contributed by atoms with Gasteiger partial charge in [-0.15, -0.1) is 0 Å². The van der Waals surface area contributed by atoms with Gasteiger partial charge in [0.1, 0.15) is 0 Å². The predicted molar refractivity (Wildman–Crippen MR) is 93.6 cm³/mol. The molecular weight excluding hydrogens is 320 g/mol. The molecule has 2 atom stereocenters. The molecule has 1 aliphatic rings. The molecule has 6 nitrogen and oxygen atoms in total. The fraction of sp³-hybridized carbons (Fsp3) is 0.526. The first-order chi connectivity index (χ1) is 12.0. The summed E-state index contributed by atoms with van der Waals surface area (Å²) in [6.45, 7) is 4.59. The number of piperidine rings is 1. The molecule has 0 spiro atoms. The zero-order valence-corrected chi connectivity index (χ0v) is 14.9. The molecule has 0 radical (unpaired) electrons. The zero-order chi connectivity index (χ0) is 18.2. The van der Waals surface area contributed by atoms with E-state index in [4.69, 9.17) is 4.74 Å². The van der Waals surface area contributed by atoms with E-state index in [1.54, 1.807) is 11.8 Å². The minimum absolute atomic E-state index is 0.0587. The van der Waals surface area contributed by atoms with E-state index in [-0.39, 0.29) is 36.2 Å². The van der Waals surface area contributed by atoms with Crippen LogP contribution in [-0.4, -0.2) is 42.4 Å². The summed E-state index contributed by atoms with van der Waals surface area (Å²) < 4.78 is 5.08. The first kappa shape index (κ1) is 19.0. The highest BCUT2D eigenvalue weighted by molar-refractivity contribution is 5.80. The molecule has 2 rings (SSSR count). The van der Waals surface area contributed by atoms with Gasteiger partial charge in [0.2, 0.25) is 11.8 Å². The Bertz CT molecular complexity index is 603. The number of hydrogen-bond donors (Lipinski definition) is 1. The number of carbonyl (C=O) groups excluding carboxylic acids is 3. The van der Waals surface area contributed by atoms with Gasteiger partial charge in [-0.3, -0.25) is 14.4 Å². The van der Waals surface area contributed by atoms with Crippen LogP contribution in [0, 0.1) is 5.92 Å². The third-order valence-electron chi connectivity index (χ3n) is 4.35. The van der Waals surface area contributed by atoms with Crippen molar-refractivity contribution in [3.05, 3.63) is 35.9 Å². The van der Waals surface area contributed by atoms with Gasteiger partial charge in [0.05, 0.1) is 25.0 Å². The highest BCUT2D eigenvalue weighted by atomic mass is 16.5. The molecule has 25 heavy (non-hydrogen) atoms. The van der Waals surface area contributed by atoms with E-state index in [2.05, 4.69) is 5.32 Å². The van der Waals surface area contributed by atoms with Crippen molar-refractivity contribution in [1.29, 1.82) is 0 Å². The number of carbonyl (C=O) groups is 3. The highest BCUT2D eigenvalue weighted by Crippen LogP contribution is 2.22. The van der Waals surface area contributed by atoms with E-state index < -0.39 is 0 Å². The van der Waals surface area contributed by atoms with Crippen LogP contribution in [-0.2, 0) is 19.1 Å². The minimum Gasteiger partial charge on any atom is -0.466 e. The summed E-state index contributed by atoms with van der Waals surface area (Å²) >= 11 is 0. The van der Waals surface area contributed by atoms with Crippen LogP contribution < -0.4 is 5.32 Å². The largest absolute Gasteiger partial charge is 0.466 e. The van der Waals surface area contributed by atoms with Crippen molar-refractivity contribution >= 4 is 17.8 Å². The Labute approximate surface area is 148 Å². The number of nitrogens with one attached hydrogen (secondary N) is 1. The van der Waals surface area contributed by atoms with Crippen molar-refractivity contribution in [2.45, 2.75) is 39.2 Å². The Balaban J connectivity index is 2.02. The zero-order valence-electron chi connectivity index (χ0n) is 14.9. The van der Waals surface area contributed by atoms with Crippen molar-refractivity contribution in [3.63, 3.8) is 0 Å². The summed E-state index contributed by atoms with van der Waals surface area (Å²) in [6, 6.07) is 9.08. The Morgan fingerprint density at radius 2 is 2.00 bits per heavy atom. The van der Waals surface area contributed by atoms with Crippen molar-refractivity contribution in [3.8, 4) is 0 Å². The van der Waals surface area contributed by atoms with Gasteiger partial charge < -0.3 is 15.0 Å². The van der Waals surface area contributed by atoms with E-state index in [0.717, 1.165) is 18.4 Å². The first-order valence-corrected chi connectivity index (χ1v) is 8.77. The fourth-order valence-corrected chi connectivity index (χ4v) is 3.14. The smallest absolute Gasteiger partial charge is 0.310 e. The lowest BCUT2D eigenvalue weighted by Gasteiger charge is -2.32. The topological polar surface area (TPSA) is 75.7 Å². The second-order valence-electron chi connectivity index (χ2n) is 6.30. The van der Waals surface area contributed by atoms with Gasteiger partial charge in [0.25, 0.3) is 0 Å². The van der Waals surface area contributed by atoms with Crippen LogP contribution in [0.4, 0.5) is 0 Å². The number of nitrogens with zero attached hydrogens (tertiary/aromatic N) is 1. The lowest BCUT2D eigenvalue weighted by atomic mass is 9.96. The van der Waals surface area contributed by atoms with E-state index in [9.17, 15) is 14.4 Å². The van der Waals surface area contributed by atoms with Gasteiger partial charge in [0, 0.05) is 20.0 Å². The average molecular weight is 346 g/mol. The van der Waals surface area contributed by atoms with Gasteiger partial charge in [0.15, 0.2) is 0 Å². The summed E-state index contributed by atoms with van der Waals surface area (Å²) in [5.41, 5.74) is 0.894. The van der Waals surface area contributed by atoms with Gasteiger partial charge >= 0.3 is 5.97 Å². The van der Waals surface area contributed by atoms with Crippen LogP contribution >= 0.6 is 0 Å². The van der Waals surface area contributed by atoms with Gasteiger partial charge in [-0.25, -0.2) is 0 Å². The molecule has 1 aliphatic heterocycles. The van der Waals surface area contributed by atoms with Gasteiger partial charge in [-0.05, 0) is 25.3 Å². The van der Waals surface area contributed by atoms with Crippen molar-refractivity contribution in [2.24, 2.45) is 5.92 Å². The molecular formula is C19H26N2O4. The average Bonchev–Trinajstić information content (AvgIpc) is 2.62. The quantitative estimate of drug-likeness (QED) is 0.800. The molecule has 1 aromatic rings. The summed E-state index contributed by atoms with van der Waals surface area (Å²) in [5.74, 6) is -0.726. The van der Waals surface area contributed by atoms with Crippen LogP contribution in [0.25, 0.3) is 0 Å². The fourth-order valence-electron chi connectivity index (χ4n) is 3.14. The molecule has 1 fully saturated rings. The second-order valence-corrected chi connectivity index (χ2v) is 6.30. The van der Waals surface area contributed by atoms with Gasteiger partial charge in [-0.1, -0.05) is 30.3 Å². The summed E-state index contributed by atoms with van der Waals surface area (Å²) in [4.78, 5) is 37.9. The van der Waals surface area contributed by atoms with E-state index in [0.29, 0.717) is 19.7 Å². The summed E-state index contributed by atoms with van der Waals surface area (Å²) in [7, 11) is 0. The summed E-state index contributed by atoms with van der Waals surface area (Å²) in [6.07, 6.45) is 1.71. The van der Waals surface area contributed by atoms with Crippen LogP contribution in [0.2, 0.25) is 0 Å². The Morgan fingerprint density at radius 3 is 2.64 bits per heavy atom. The van der Waals surface area contributed by atoms with E-state index in [1.165, 1.54) is 6.92 Å². The van der Waals surface area contributed by atoms with Crippen LogP contribution in [0.5, 0.6) is 0 Å². The number of rotatable bonds is 6. The number of amides is 2. The molecule has 2 amide bonds. The maximum Gasteiger partial charge on any atom is 0.310 e. The van der Waals surface area contributed by atoms with Crippen molar-refractivity contribution < 1.29 is 19.1 Å². The molecule has 0 saturated carbocycles. The molecule has 0 aliphatic carbocycles. The van der Waals surface area contributed by atoms with Crippen LogP contribution in [0.1, 0.15) is 44.7 Å². The first-order valence-electron chi connectivity index (χ1n) is 8.77. The molecule has 0 bridgehead atoms. The molecule has 0 aromatic heterocycles. The Hall–Kier alpha value is -2.37. The lowest BCUT2D eigenvalue weighted by Crippen LogP contribution is -2.44.